The van der Waals surface area contributed by atoms with Gasteiger partial charge in [-0.2, -0.15) is 0 Å². The first-order valence-electron chi connectivity index (χ1n) is 15.2. The van der Waals surface area contributed by atoms with E-state index in [1.807, 2.05) is 23.1 Å². The second-order valence-corrected chi connectivity index (χ2v) is 13.6. The normalized spacial score (nSPS) is 20.3. The van der Waals surface area contributed by atoms with Gasteiger partial charge in [0.25, 0.3) is 0 Å². The standard InChI is InChI=1S/C32H44FN3O6S/c1-5-7-24(8-6-2)36(25-10-11-27(33)21(3)17-25)30(37)20-35-19-26(22-9-12-29-23(18-22)14-16-42-29)31(32(38)39)28(35)13-15-34-43(4,40)41/h9-12,17-18,24,26,28,31,34H,5-8,13-16,19-20H2,1-4H3,(H,38,39). The van der Waals surface area contributed by atoms with Crippen LogP contribution in [0.25, 0.3) is 0 Å². The number of fused-ring (bicyclic) bond motifs is 1. The summed E-state index contributed by atoms with van der Waals surface area (Å²) in [5.41, 5.74) is 2.97. The Labute approximate surface area is 254 Å². The predicted octanol–water partition coefficient (Wildman–Crippen LogP) is 4.48. The van der Waals surface area contributed by atoms with Crippen molar-refractivity contribution in [3.63, 3.8) is 0 Å². The number of aryl methyl sites for hydroxylation is 1. The number of aliphatic carboxylic acids is 1. The molecule has 43 heavy (non-hydrogen) atoms. The van der Waals surface area contributed by atoms with Crippen LogP contribution in [0.15, 0.2) is 36.4 Å². The minimum atomic E-state index is -3.48. The van der Waals surface area contributed by atoms with Gasteiger partial charge in [0.05, 0.1) is 25.3 Å². The number of carbonyl (C=O) groups excluding carboxylic acids is 1. The number of carboxylic acid groups (broad SMARTS) is 1. The summed E-state index contributed by atoms with van der Waals surface area (Å²) in [5.74, 6) is -1.96. The van der Waals surface area contributed by atoms with Gasteiger partial charge in [0.15, 0.2) is 0 Å². The number of hydrogen-bond donors (Lipinski definition) is 2. The monoisotopic (exact) mass is 617 g/mol. The quantitative estimate of drug-likeness (QED) is 0.321. The van der Waals surface area contributed by atoms with Gasteiger partial charge in [-0.25, -0.2) is 17.5 Å². The van der Waals surface area contributed by atoms with Gasteiger partial charge < -0.3 is 14.7 Å². The molecular formula is C32H44FN3O6S. The Morgan fingerprint density at radius 3 is 2.51 bits per heavy atom. The topological polar surface area (TPSA) is 116 Å². The highest BCUT2D eigenvalue weighted by Gasteiger charge is 2.47. The van der Waals surface area contributed by atoms with Crippen molar-refractivity contribution in [3.05, 3.63) is 58.9 Å². The van der Waals surface area contributed by atoms with E-state index in [-0.39, 0.29) is 37.3 Å². The van der Waals surface area contributed by atoms with Crippen molar-refractivity contribution < 1.29 is 32.2 Å². The first kappa shape index (κ1) is 32.9. The zero-order chi connectivity index (χ0) is 31.3. The third-order valence-corrected chi connectivity index (χ3v) is 9.34. The van der Waals surface area contributed by atoms with Gasteiger partial charge in [-0.1, -0.05) is 38.8 Å². The molecule has 3 unspecified atom stereocenters. The molecule has 2 aromatic carbocycles. The first-order valence-corrected chi connectivity index (χ1v) is 17.1. The highest BCUT2D eigenvalue weighted by Crippen LogP contribution is 2.41. The van der Waals surface area contributed by atoms with Gasteiger partial charge in [-0.05, 0) is 67.1 Å². The van der Waals surface area contributed by atoms with E-state index in [4.69, 9.17) is 4.74 Å². The van der Waals surface area contributed by atoms with Crippen LogP contribution < -0.4 is 14.4 Å². The molecule has 0 spiro atoms. The number of likely N-dealkylation sites (tertiary alicyclic amines) is 1. The summed E-state index contributed by atoms with van der Waals surface area (Å²) in [6.07, 6.45) is 5.32. The fourth-order valence-electron chi connectivity index (χ4n) is 6.68. The minimum absolute atomic E-state index is 0.0434. The molecule has 1 amide bonds. The summed E-state index contributed by atoms with van der Waals surface area (Å²) >= 11 is 0. The molecule has 0 aliphatic carbocycles. The van der Waals surface area contributed by atoms with Crippen LogP contribution in [-0.2, 0) is 26.0 Å². The van der Waals surface area contributed by atoms with Crippen LogP contribution in [0, 0.1) is 18.7 Å². The van der Waals surface area contributed by atoms with Gasteiger partial charge in [-0.15, -0.1) is 0 Å². The molecule has 2 aromatic rings. The summed E-state index contributed by atoms with van der Waals surface area (Å²) < 4.78 is 46.0. The lowest BCUT2D eigenvalue weighted by atomic mass is 9.83. The Kier molecular flexibility index (Phi) is 10.8. The molecule has 2 N–H and O–H groups in total. The van der Waals surface area contributed by atoms with Crippen LogP contribution in [0.3, 0.4) is 0 Å². The molecule has 2 heterocycles. The number of sulfonamides is 1. The van der Waals surface area contributed by atoms with Crippen LogP contribution in [0.2, 0.25) is 0 Å². The lowest BCUT2D eigenvalue weighted by molar-refractivity contribution is -0.143. The van der Waals surface area contributed by atoms with Crippen LogP contribution in [0.5, 0.6) is 5.75 Å². The highest BCUT2D eigenvalue weighted by atomic mass is 32.2. The number of anilines is 1. The molecule has 0 aromatic heterocycles. The number of amides is 1. The zero-order valence-corrected chi connectivity index (χ0v) is 26.3. The average molecular weight is 618 g/mol. The number of nitrogens with zero attached hydrogens (tertiary/aromatic N) is 2. The van der Waals surface area contributed by atoms with Crippen molar-refractivity contribution >= 4 is 27.6 Å². The largest absolute Gasteiger partial charge is 0.493 e. The smallest absolute Gasteiger partial charge is 0.308 e. The van der Waals surface area contributed by atoms with Gasteiger partial charge in [-0.3, -0.25) is 14.5 Å². The Morgan fingerprint density at radius 2 is 1.88 bits per heavy atom. The van der Waals surface area contributed by atoms with E-state index in [0.29, 0.717) is 24.4 Å². The third-order valence-electron chi connectivity index (χ3n) is 8.62. The maximum absolute atomic E-state index is 14.3. The summed E-state index contributed by atoms with van der Waals surface area (Å²) in [6.45, 7) is 6.73. The fourth-order valence-corrected chi connectivity index (χ4v) is 7.16. The number of carboxylic acids is 1. The molecule has 236 valence electrons. The van der Waals surface area contributed by atoms with E-state index in [2.05, 4.69) is 18.6 Å². The third kappa shape index (κ3) is 7.93. The van der Waals surface area contributed by atoms with Crippen molar-refractivity contribution in [2.45, 2.75) is 77.3 Å². The minimum Gasteiger partial charge on any atom is -0.493 e. The first-order chi connectivity index (χ1) is 20.4. The molecule has 0 saturated carbocycles. The van der Waals surface area contributed by atoms with E-state index >= 15 is 0 Å². The maximum Gasteiger partial charge on any atom is 0.308 e. The summed E-state index contributed by atoms with van der Waals surface area (Å²) in [5, 5.41) is 10.5. The van der Waals surface area contributed by atoms with Crippen molar-refractivity contribution in [3.8, 4) is 5.75 Å². The number of hydrogen-bond acceptors (Lipinski definition) is 6. The highest BCUT2D eigenvalue weighted by molar-refractivity contribution is 7.88. The average Bonchev–Trinajstić information content (AvgIpc) is 3.55. The molecule has 0 radical (unpaired) electrons. The number of ether oxygens (including phenoxy) is 1. The lowest BCUT2D eigenvalue weighted by Gasteiger charge is -2.35. The second kappa shape index (κ2) is 14.2. The Hall–Kier alpha value is -3.02. The van der Waals surface area contributed by atoms with Crippen molar-refractivity contribution in [2.24, 2.45) is 5.92 Å². The molecule has 4 rings (SSSR count). The summed E-state index contributed by atoms with van der Waals surface area (Å²) in [7, 11) is -3.48. The Balaban J connectivity index is 1.69. The number of nitrogens with one attached hydrogen (secondary N) is 1. The molecule has 1 fully saturated rings. The van der Waals surface area contributed by atoms with E-state index in [0.717, 1.165) is 55.2 Å². The van der Waals surface area contributed by atoms with Crippen LogP contribution in [0.4, 0.5) is 10.1 Å². The Morgan fingerprint density at radius 1 is 1.16 bits per heavy atom. The van der Waals surface area contributed by atoms with Crippen molar-refractivity contribution in [1.82, 2.24) is 9.62 Å². The predicted molar refractivity (Wildman–Crippen MR) is 165 cm³/mol. The van der Waals surface area contributed by atoms with Gasteiger partial charge >= 0.3 is 5.97 Å². The van der Waals surface area contributed by atoms with Gasteiger partial charge in [0, 0.05) is 43.2 Å². The summed E-state index contributed by atoms with van der Waals surface area (Å²) in [6, 6.07) is 9.80. The lowest BCUT2D eigenvalue weighted by Crippen LogP contribution is -2.48. The van der Waals surface area contributed by atoms with E-state index < -0.39 is 33.9 Å². The zero-order valence-electron chi connectivity index (χ0n) is 25.5. The molecule has 0 bridgehead atoms. The van der Waals surface area contributed by atoms with Gasteiger partial charge in [0.1, 0.15) is 11.6 Å². The molecule has 9 nitrogen and oxygen atoms in total. The van der Waals surface area contributed by atoms with Gasteiger partial charge in [0.2, 0.25) is 15.9 Å². The van der Waals surface area contributed by atoms with Crippen LogP contribution in [-0.4, -0.2) is 74.9 Å². The molecule has 1 saturated heterocycles. The van der Waals surface area contributed by atoms with Crippen molar-refractivity contribution in [1.29, 1.82) is 0 Å². The fraction of sp³-hybridized carbons (Fsp3) is 0.562. The maximum atomic E-state index is 14.3. The molecular weight excluding hydrogens is 573 g/mol. The molecule has 2 aliphatic heterocycles. The molecule has 11 heteroatoms. The Bertz CT molecular complexity index is 1410. The molecule has 2 aliphatic rings. The number of benzene rings is 2. The number of carbonyl (C=O) groups is 2. The number of halogens is 1. The van der Waals surface area contributed by atoms with Crippen LogP contribution >= 0.6 is 0 Å². The van der Waals surface area contributed by atoms with Crippen LogP contribution in [0.1, 0.15) is 68.6 Å². The van der Waals surface area contributed by atoms with Crippen molar-refractivity contribution in [2.75, 3.05) is 37.4 Å². The molecule has 3 atom stereocenters. The summed E-state index contributed by atoms with van der Waals surface area (Å²) in [4.78, 5) is 30.7. The van der Waals surface area contributed by atoms with E-state index in [9.17, 15) is 27.5 Å². The van der Waals surface area contributed by atoms with E-state index in [1.54, 1.807) is 24.0 Å². The second-order valence-electron chi connectivity index (χ2n) is 11.8. The number of rotatable bonds is 14. The SMILES string of the molecule is CCCC(CCC)N(C(=O)CN1CC(c2ccc3c(c2)CCO3)C(C(=O)O)C1CCNS(C)(=O)=O)c1ccc(F)c(C)c1. The van der Waals surface area contributed by atoms with E-state index in [1.165, 1.54) is 6.07 Å².